The van der Waals surface area contributed by atoms with Gasteiger partial charge >= 0.3 is 0 Å². The maximum Gasteiger partial charge on any atom is 0.250 e. The Hall–Kier alpha value is -3.81. The molecule has 0 bridgehead atoms. The van der Waals surface area contributed by atoms with Gasteiger partial charge in [0.05, 0.1) is 5.56 Å². The summed E-state index contributed by atoms with van der Waals surface area (Å²) >= 11 is 0. The Morgan fingerprint density at radius 1 is 0.926 bits per heavy atom. The molecule has 3 aromatic heterocycles. The van der Waals surface area contributed by atoms with Gasteiger partial charge in [0.15, 0.2) is 0 Å². The van der Waals surface area contributed by atoms with E-state index >= 15 is 0 Å². The molecule has 0 aliphatic heterocycles. The fourth-order valence-corrected chi connectivity index (χ4v) is 2.61. The Morgan fingerprint density at radius 2 is 1.74 bits per heavy atom. The van der Waals surface area contributed by atoms with Crippen molar-refractivity contribution < 1.29 is 13.6 Å². The lowest BCUT2D eigenvalue weighted by molar-refractivity contribution is 0.102. The largest absolute Gasteiger partial charge is 0.306 e. The molecule has 0 aliphatic carbocycles. The van der Waals surface area contributed by atoms with Gasteiger partial charge in [-0.2, -0.15) is 4.39 Å². The van der Waals surface area contributed by atoms with Gasteiger partial charge in [-0.25, -0.2) is 24.3 Å². The van der Waals surface area contributed by atoms with Gasteiger partial charge in [-0.15, -0.1) is 0 Å². The van der Waals surface area contributed by atoms with Crippen molar-refractivity contribution >= 4 is 5.78 Å². The zero-order valence-corrected chi connectivity index (χ0v) is 13.8. The van der Waals surface area contributed by atoms with Crippen molar-refractivity contribution in [3.8, 4) is 16.8 Å². The van der Waals surface area contributed by atoms with Crippen LogP contribution >= 0.6 is 0 Å². The molecule has 0 N–H and O–H groups in total. The fraction of sp³-hybridized carbons (Fsp3) is 0. The molecule has 0 amide bonds. The molecule has 6 nitrogen and oxygen atoms in total. The van der Waals surface area contributed by atoms with E-state index in [1.165, 1.54) is 24.9 Å². The summed E-state index contributed by atoms with van der Waals surface area (Å²) in [6.45, 7) is 0. The van der Waals surface area contributed by atoms with Crippen molar-refractivity contribution in [1.29, 1.82) is 0 Å². The van der Waals surface area contributed by atoms with Crippen molar-refractivity contribution in [3.05, 3.63) is 90.8 Å². The minimum Gasteiger partial charge on any atom is -0.306 e. The number of ketones is 1. The molecule has 132 valence electrons. The highest BCUT2D eigenvalue weighted by atomic mass is 19.1. The Labute approximate surface area is 152 Å². The maximum absolute atomic E-state index is 14.0. The van der Waals surface area contributed by atoms with Crippen LogP contribution < -0.4 is 0 Å². The predicted octanol–water partition coefficient (Wildman–Crippen LogP) is 3.23. The molecule has 27 heavy (non-hydrogen) atoms. The molecule has 0 saturated carbocycles. The first kappa shape index (κ1) is 16.6. The smallest absolute Gasteiger partial charge is 0.250 e. The third kappa shape index (κ3) is 3.20. The number of hydrogen-bond acceptors (Lipinski definition) is 5. The molecule has 0 saturated heterocycles. The van der Waals surface area contributed by atoms with E-state index in [1.807, 2.05) is 0 Å². The van der Waals surface area contributed by atoms with E-state index in [-0.39, 0.29) is 17.1 Å². The van der Waals surface area contributed by atoms with Gasteiger partial charge in [-0.3, -0.25) is 4.79 Å². The van der Waals surface area contributed by atoms with Gasteiger partial charge in [0.25, 0.3) is 0 Å². The summed E-state index contributed by atoms with van der Waals surface area (Å²) in [5.41, 5.74) is 0.845. The van der Waals surface area contributed by atoms with Crippen LogP contribution in [0.4, 0.5) is 8.78 Å². The Kier molecular flexibility index (Phi) is 4.21. The standard InChI is InChI=1S/C19H11F2N5O/c20-14-5-8-22-18(21)16(14)12-3-1-4-13(9-12)26-10-15(25-11-26)17(27)19-23-6-2-7-24-19/h1-11H. The number of rotatable bonds is 4. The Morgan fingerprint density at radius 3 is 2.52 bits per heavy atom. The zero-order valence-electron chi connectivity index (χ0n) is 13.8. The van der Waals surface area contributed by atoms with E-state index in [1.54, 1.807) is 34.9 Å². The average Bonchev–Trinajstić information content (AvgIpc) is 3.18. The topological polar surface area (TPSA) is 73.6 Å². The molecule has 4 rings (SSSR count). The van der Waals surface area contributed by atoms with Gasteiger partial charge in [-0.1, -0.05) is 12.1 Å². The fourth-order valence-electron chi connectivity index (χ4n) is 2.61. The van der Waals surface area contributed by atoms with Crippen molar-refractivity contribution in [2.24, 2.45) is 0 Å². The summed E-state index contributed by atoms with van der Waals surface area (Å²) in [5, 5.41) is 0. The number of carbonyl (C=O) groups is 1. The van der Waals surface area contributed by atoms with E-state index < -0.39 is 17.5 Å². The van der Waals surface area contributed by atoms with Crippen molar-refractivity contribution in [2.45, 2.75) is 0 Å². The van der Waals surface area contributed by atoms with Gasteiger partial charge < -0.3 is 4.57 Å². The number of benzene rings is 1. The maximum atomic E-state index is 14.0. The number of hydrogen-bond donors (Lipinski definition) is 0. The number of nitrogens with zero attached hydrogens (tertiary/aromatic N) is 5. The second kappa shape index (κ2) is 6.83. The lowest BCUT2D eigenvalue weighted by atomic mass is 10.1. The zero-order chi connectivity index (χ0) is 18.8. The van der Waals surface area contributed by atoms with Crippen molar-refractivity contribution in [1.82, 2.24) is 24.5 Å². The molecule has 3 heterocycles. The number of halogens is 2. The summed E-state index contributed by atoms with van der Waals surface area (Å²) in [4.78, 5) is 27.8. The minimum atomic E-state index is -0.894. The third-order valence-corrected chi connectivity index (χ3v) is 3.87. The quantitative estimate of drug-likeness (QED) is 0.411. The molecule has 0 aliphatic rings. The molecule has 0 spiro atoms. The number of imidazole rings is 1. The second-order valence-electron chi connectivity index (χ2n) is 5.58. The normalized spacial score (nSPS) is 10.7. The molecular weight excluding hydrogens is 352 g/mol. The van der Waals surface area contributed by atoms with Gasteiger partial charge in [0.2, 0.25) is 17.6 Å². The molecular formula is C19H11F2N5O. The SMILES string of the molecule is O=C(c1cn(-c2cccc(-c3c(F)ccnc3F)c2)cn1)c1ncccn1. The summed E-state index contributed by atoms with van der Waals surface area (Å²) in [5.74, 6) is -1.98. The number of carbonyl (C=O) groups excluding carboxylic acids is 1. The summed E-state index contributed by atoms with van der Waals surface area (Å²) in [6.07, 6.45) is 6.95. The summed E-state index contributed by atoms with van der Waals surface area (Å²) < 4.78 is 29.5. The molecule has 0 unspecified atom stereocenters. The molecule has 0 atom stereocenters. The summed E-state index contributed by atoms with van der Waals surface area (Å²) in [7, 11) is 0. The second-order valence-corrected chi connectivity index (χ2v) is 5.58. The highest BCUT2D eigenvalue weighted by Gasteiger charge is 2.16. The van der Waals surface area contributed by atoms with Crippen LogP contribution in [-0.4, -0.2) is 30.3 Å². The van der Waals surface area contributed by atoms with Crippen LogP contribution in [0.25, 0.3) is 16.8 Å². The third-order valence-electron chi connectivity index (χ3n) is 3.87. The van der Waals surface area contributed by atoms with E-state index in [2.05, 4.69) is 19.9 Å². The lowest BCUT2D eigenvalue weighted by Crippen LogP contribution is -2.06. The van der Waals surface area contributed by atoms with E-state index in [0.29, 0.717) is 11.3 Å². The van der Waals surface area contributed by atoms with Gasteiger partial charge in [0, 0.05) is 30.5 Å². The molecule has 0 fully saturated rings. The van der Waals surface area contributed by atoms with Crippen LogP contribution in [0.1, 0.15) is 16.3 Å². The lowest BCUT2D eigenvalue weighted by Gasteiger charge is -2.07. The highest BCUT2D eigenvalue weighted by molar-refractivity contribution is 6.04. The average molecular weight is 363 g/mol. The van der Waals surface area contributed by atoms with Crippen LogP contribution in [0.5, 0.6) is 0 Å². The van der Waals surface area contributed by atoms with Crippen LogP contribution in [0.3, 0.4) is 0 Å². The first-order valence-corrected chi connectivity index (χ1v) is 7.90. The van der Waals surface area contributed by atoms with Gasteiger partial charge in [0.1, 0.15) is 17.8 Å². The molecule has 1 aromatic carbocycles. The van der Waals surface area contributed by atoms with E-state index in [4.69, 9.17) is 0 Å². The van der Waals surface area contributed by atoms with Crippen LogP contribution in [0.2, 0.25) is 0 Å². The first-order chi connectivity index (χ1) is 13.1. The summed E-state index contributed by atoms with van der Waals surface area (Å²) in [6, 6.07) is 9.24. The predicted molar refractivity (Wildman–Crippen MR) is 92.2 cm³/mol. The Bertz CT molecular complexity index is 1110. The van der Waals surface area contributed by atoms with Crippen LogP contribution in [0.15, 0.2) is 67.5 Å². The van der Waals surface area contributed by atoms with E-state index in [0.717, 1.165) is 12.3 Å². The van der Waals surface area contributed by atoms with Crippen molar-refractivity contribution in [3.63, 3.8) is 0 Å². The first-order valence-electron chi connectivity index (χ1n) is 7.90. The van der Waals surface area contributed by atoms with Crippen LogP contribution in [-0.2, 0) is 0 Å². The van der Waals surface area contributed by atoms with Crippen molar-refractivity contribution in [2.75, 3.05) is 0 Å². The van der Waals surface area contributed by atoms with Crippen LogP contribution in [0, 0.1) is 11.8 Å². The molecule has 0 radical (unpaired) electrons. The highest BCUT2D eigenvalue weighted by Crippen LogP contribution is 2.26. The Balaban J connectivity index is 1.70. The minimum absolute atomic E-state index is 0.0380. The van der Waals surface area contributed by atoms with E-state index in [9.17, 15) is 13.6 Å². The monoisotopic (exact) mass is 363 g/mol. The number of aromatic nitrogens is 5. The number of pyridine rings is 1. The molecule has 4 aromatic rings. The van der Waals surface area contributed by atoms with Gasteiger partial charge in [-0.05, 0) is 29.8 Å². The molecule has 8 heteroatoms.